The van der Waals surface area contributed by atoms with Crippen molar-refractivity contribution in [2.24, 2.45) is 0 Å². The number of halogens is 2. The van der Waals surface area contributed by atoms with E-state index in [0.29, 0.717) is 22.2 Å². The number of nitrogens with zero attached hydrogens (tertiary/aromatic N) is 1. The summed E-state index contributed by atoms with van der Waals surface area (Å²) >= 11 is 12.0. The van der Waals surface area contributed by atoms with E-state index in [1.165, 1.54) is 6.07 Å². The van der Waals surface area contributed by atoms with Crippen molar-refractivity contribution in [1.29, 1.82) is 0 Å². The Labute approximate surface area is 132 Å². The third-order valence-electron chi connectivity index (χ3n) is 3.22. The van der Waals surface area contributed by atoms with Crippen LogP contribution < -0.4 is 5.32 Å². The molecule has 2 rings (SSSR count). The molecule has 0 saturated carbocycles. The lowest BCUT2D eigenvalue weighted by Gasteiger charge is -2.15. The van der Waals surface area contributed by atoms with Crippen LogP contribution in [0.4, 0.5) is 5.69 Å². The van der Waals surface area contributed by atoms with Crippen molar-refractivity contribution in [3.05, 3.63) is 73.8 Å². The fourth-order valence-electron chi connectivity index (χ4n) is 2.04. The van der Waals surface area contributed by atoms with Gasteiger partial charge in [0.2, 0.25) is 0 Å². The van der Waals surface area contributed by atoms with Crippen molar-refractivity contribution in [3.8, 4) is 0 Å². The van der Waals surface area contributed by atoms with E-state index >= 15 is 0 Å². The van der Waals surface area contributed by atoms with Crippen LogP contribution in [0.2, 0.25) is 10.0 Å². The lowest BCUT2D eigenvalue weighted by atomic mass is 10.1. The van der Waals surface area contributed by atoms with Crippen molar-refractivity contribution in [3.63, 3.8) is 0 Å². The highest BCUT2D eigenvalue weighted by Gasteiger charge is 2.17. The molecule has 0 aliphatic rings. The second kappa shape index (κ2) is 6.89. The molecule has 110 valence electrons. The van der Waals surface area contributed by atoms with Crippen LogP contribution in [0.1, 0.15) is 24.1 Å². The fourth-order valence-corrected chi connectivity index (χ4v) is 2.48. The topological polar surface area (TPSA) is 55.2 Å². The quantitative estimate of drug-likeness (QED) is 0.637. The smallest absolute Gasteiger partial charge is 0.275 e. The van der Waals surface area contributed by atoms with Gasteiger partial charge in [-0.2, -0.15) is 0 Å². The molecule has 2 aromatic carbocycles. The molecule has 0 bridgehead atoms. The Morgan fingerprint density at radius 2 is 1.95 bits per heavy atom. The molecule has 0 amide bonds. The second-order valence-corrected chi connectivity index (χ2v) is 5.50. The zero-order valence-electron chi connectivity index (χ0n) is 11.3. The number of benzene rings is 2. The number of nitro groups is 1. The van der Waals surface area contributed by atoms with E-state index in [0.717, 1.165) is 5.56 Å². The molecule has 21 heavy (non-hydrogen) atoms. The van der Waals surface area contributed by atoms with Gasteiger partial charge in [-0.1, -0.05) is 41.4 Å². The van der Waals surface area contributed by atoms with E-state index < -0.39 is 4.92 Å². The molecule has 0 heterocycles. The highest BCUT2D eigenvalue weighted by atomic mass is 35.5. The predicted octanol–water partition coefficient (Wildman–Crippen LogP) is 4.75. The van der Waals surface area contributed by atoms with E-state index in [1.807, 2.05) is 25.1 Å². The van der Waals surface area contributed by atoms with Crippen LogP contribution in [0.15, 0.2) is 42.5 Å². The third-order valence-corrected chi connectivity index (χ3v) is 3.81. The van der Waals surface area contributed by atoms with Crippen LogP contribution in [-0.4, -0.2) is 4.92 Å². The summed E-state index contributed by atoms with van der Waals surface area (Å²) in [5, 5.41) is 15.3. The number of hydrogen-bond donors (Lipinski definition) is 1. The summed E-state index contributed by atoms with van der Waals surface area (Å²) < 4.78 is 0. The molecule has 6 heteroatoms. The Morgan fingerprint density at radius 1 is 1.24 bits per heavy atom. The maximum atomic E-state index is 11.0. The number of nitro benzene ring substituents is 1. The first-order valence-electron chi connectivity index (χ1n) is 6.39. The average Bonchev–Trinajstić information content (AvgIpc) is 2.45. The van der Waals surface area contributed by atoms with Crippen molar-refractivity contribution < 1.29 is 4.92 Å². The molecule has 0 aromatic heterocycles. The molecule has 4 nitrogen and oxygen atoms in total. The highest BCUT2D eigenvalue weighted by Crippen LogP contribution is 2.27. The minimum atomic E-state index is -0.424. The van der Waals surface area contributed by atoms with Gasteiger partial charge in [0, 0.05) is 23.7 Å². The van der Waals surface area contributed by atoms with Gasteiger partial charge in [-0.05, 0) is 30.7 Å². The molecule has 1 N–H and O–H groups in total. The van der Waals surface area contributed by atoms with Crippen LogP contribution >= 0.6 is 23.2 Å². The highest BCUT2D eigenvalue weighted by molar-refractivity contribution is 6.31. The Hall–Kier alpha value is -1.62. The Bertz CT molecular complexity index is 662. The summed E-state index contributed by atoms with van der Waals surface area (Å²) in [5.41, 5.74) is 1.52. The van der Waals surface area contributed by atoms with Gasteiger partial charge in [0.15, 0.2) is 0 Å². The zero-order chi connectivity index (χ0) is 15.4. The van der Waals surface area contributed by atoms with Crippen LogP contribution in [0.3, 0.4) is 0 Å². The van der Waals surface area contributed by atoms with Crippen molar-refractivity contribution in [2.75, 3.05) is 0 Å². The summed E-state index contributed by atoms with van der Waals surface area (Å²) in [5.74, 6) is 0. The molecular weight excluding hydrogens is 311 g/mol. The average molecular weight is 325 g/mol. The summed E-state index contributed by atoms with van der Waals surface area (Å²) in [7, 11) is 0. The van der Waals surface area contributed by atoms with Crippen molar-refractivity contribution >= 4 is 28.9 Å². The SMILES string of the molecule is C[C@@H](NCc1c(Cl)cccc1[N+](=O)[O-])c1cccc(Cl)c1. The van der Waals surface area contributed by atoms with Gasteiger partial charge in [-0.25, -0.2) is 0 Å². The summed E-state index contributed by atoms with van der Waals surface area (Å²) in [6.45, 7) is 2.28. The van der Waals surface area contributed by atoms with E-state index in [2.05, 4.69) is 5.32 Å². The summed E-state index contributed by atoms with van der Waals surface area (Å²) in [4.78, 5) is 10.6. The fraction of sp³-hybridized carbons (Fsp3) is 0.200. The zero-order valence-corrected chi connectivity index (χ0v) is 12.9. The minimum absolute atomic E-state index is 0.000392. The van der Waals surface area contributed by atoms with Crippen LogP contribution in [-0.2, 0) is 6.54 Å². The predicted molar refractivity (Wildman–Crippen MR) is 84.8 cm³/mol. The van der Waals surface area contributed by atoms with Gasteiger partial charge in [0.25, 0.3) is 5.69 Å². The molecule has 2 aromatic rings. The lowest BCUT2D eigenvalue weighted by molar-refractivity contribution is -0.385. The summed E-state index contributed by atoms with van der Waals surface area (Å²) in [6.07, 6.45) is 0. The Kier molecular flexibility index (Phi) is 5.17. The standard InChI is InChI=1S/C15H14Cl2N2O2/c1-10(11-4-2-5-12(16)8-11)18-9-13-14(17)6-3-7-15(13)19(20)21/h2-8,10,18H,9H2,1H3/t10-/m1/s1. The number of hydrogen-bond acceptors (Lipinski definition) is 3. The third kappa shape index (κ3) is 3.94. The van der Waals surface area contributed by atoms with Crippen LogP contribution in [0.25, 0.3) is 0 Å². The van der Waals surface area contributed by atoms with Gasteiger partial charge >= 0.3 is 0 Å². The first kappa shape index (κ1) is 15.8. The van der Waals surface area contributed by atoms with E-state index in [-0.39, 0.29) is 11.7 Å². The minimum Gasteiger partial charge on any atom is -0.306 e. The second-order valence-electron chi connectivity index (χ2n) is 4.65. The maximum absolute atomic E-state index is 11.0. The Morgan fingerprint density at radius 3 is 2.62 bits per heavy atom. The van der Waals surface area contributed by atoms with Gasteiger partial charge in [0.05, 0.1) is 15.5 Å². The molecule has 0 radical (unpaired) electrons. The van der Waals surface area contributed by atoms with E-state index in [1.54, 1.807) is 18.2 Å². The van der Waals surface area contributed by atoms with Crippen molar-refractivity contribution in [2.45, 2.75) is 19.5 Å². The maximum Gasteiger partial charge on any atom is 0.275 e. The molecule has 0 saturated heterocycles. The molecule has 0 aliphatic heterocycles. The first-order valence-corrected chi connectivity index (χ1v) is 7.15. The monoisotopic (exact) mass is 324 g/mol. The molecule has 0 fully saturated rings. The largest absolute Gasteiger partial charge is 0.306 e. The lowest BCUT2D eigenvalue weighted by Crippen LogP contribution is -2.19. The normalized spacial score (nSPS) is 12.1. The molecular formula is C15H14Cl2N2O2. The number of rotatable bonds is 5. The molecule has 1 atom stereocenters. The van der Waals surface area contributed by atoms with Gasteiger partial charge in [-0.3, -0.25) is 10.1 Å². The first-order chi connectivity index (χ1) is 9.99. The van der Waals surface area contributed by atoms with Crippen LogP contribution in [0, 0.1) is 10.1 Å². The Balaban J connectivity index is 2.15. The van der Waals surface area contributed by atoms with Gasteiger partial charge in [-0.15, -0.1) is 0 Å². The van der Waals surface area contributed by atoms with E-state index in [9.17, 15) is 10.1 Å². The van der Waals surface area contributed by atoms with Gasteiger partial charge in [0.1, 0.15) is 0 Å². The van der Waals surface area contributed by atoms with Gasteiger partial charge < -0.3 is 5.32 Å². The van der Waals surface area contributed by atoms with E-state index in [4.69, 9.17) is 23.2 Å². The molecule has 0 aliphatic carbocycles. The summed E-state index contributed by atoms with van der Waals surface area (Å²) in [6, 6.07) is 12.2. The molecule has 0 spiro atoms. The van der Waals surface area contributed by atoms with Crippen molar-refractivity contribution in [1.82, 2.24) is 5.32 Å². The van der Waals surface area contributed by atoms with Crippen LogP contribution in [0.5, 0.6) is 0 Å². The molecule has 0 unspecified atom stereocenters. The number of nitrogens with one attached hydrogen (secondary N) is 1.